The zero-order valence-corrected chi connectivity index (χ0v) is 10.00. The zero-order valence-electron chi connectivity index (χ0n) is 10.00. The lowest BCUT2D eigenvalue weighted by Gasteiger charge is -2.26. The fourth-order valence-corrected chi connectivity index (χ4v) is 1.97. The number of aryl methyl sites for hydroxylation is 1. The highest BCUT2D eigenvalue weighted by Gasteiger charge is 2.28. The summed E-state index contributed by atoms with van der Waals surface area (Å²) in [5.41, 5.74) is 7.48. The second-order valence-corrected chi connectivity index (χ2v) is 4.13. The van der Waals surface area contributed by atoms with Crippen molar-refractivity contribution in [3.8, 4) is 0 Å². The molecular formula is C13H12N2O4. The molecule has 19 heavy (non-hydrogen) atoms. The quantitative estimate of drug-likeness (QED) is 0.602. The standard InChI is InChI=1S/C13H12N2O4/c14-9-2-3-10-8(7-9)1-4-11(16)15(10)12(17)5-6-13(18)19/h2-3,5-7H,1,4,14H2,(H,18,19)/b6-5+. The van der Waals surface area contributed by atoms with Crippen LogP contribution in [0.1, 0.15) is 12.0 Å². The second-order valence-electron chi connectivity index (χ2n) is 4.13. The Morgan fingerprint density at radius 1 is 1.26 bits per heavy atom. The maximum atomic E-state index is 11.9. The van der Waals surface area contributed by atoms with Gasteiger partial charge in [-0.1, -0.05) is 0 Å². The van der Waals surface area contributed by atoms with Crippen LogP contribution < -0.4 is 10.6 Å². The molecule has 3 N–H and O–H groups in total. The Balaban J connectivity index is 2.38. The number of carboxylic acid groups (broad SMARTS) is 1. The van der Waals surface area contributed by atoms with Crippen molar-refractivity contribution in [2.45, 2.75) is 12.8 Å². The van der Waals surface area contributed by atoms with Crippen molar-refractivity contribution in [2.24, 2.45) is 0 Å². The molecule has 1 aromatic carbocycles. The van der Waals surface area contributed by atoms with Gasteiger partial charge in [-0.25, -0.2) is 9.69 Å². The number of nitrogens with two attached hydrogens (primary N) is 1. The number of rotatable bonds is 2. The van der Waals surface area contributed by atoms with Gasteiger partial charge >= 0.3 is 5.97 Å². The van der Waals surface area contributed by atoms with Crippen LogP contribution in [0.3, 0.4) is 0 Å². The molecule has 0 saturated heterocycles. The van der Waals surface area contributed by atoms with Crippen LogP contribution in [0.4, 0.5) is 11.4 Å². The van der Waals surface area contributed by atoms with Crippen molar-refractivity contribution in [2.75, 3.05) is 10.6 Å². The van der Waals surface area contributed by atoms with E-state index in [1.165, 1.54) is 0 Å². The molecule has 0 bridgehead atoms. The van der Waals surface area contributed by atoms with Gasteiger partial charge in [0.15, 0.2) is 0 Å². The molecular weight excluding hydrogens is 248 g/mol. The number of hydrogen-bond donors (Lipinski definition) is 2. The van der Waals surface area contributed by atoms with Crippen LogP contribution in [0.5, 0.6) is 0 Å². The van der Waals surface area contributed by atoms with Gasteiger partial charge in [0.05, 0.1) is 5.69 Å². The molecule has 1 heterocycles. The summed E-state index contributed by atoms with van der Waals surface area (Å²) in [5, 5.41) is 8.50. The molecule has 2 amide bonds. The van der Waals surface area contributed by atoms with E-state index < -0.39 is 11.9 Å². The summed E-state index contributed by atoms with van der Waals surface area (Å²) in [5.74, 6) is -2.26. The number of carbonyl (C=O) groups is 3. The van der Waals surface area contributed by atoms with Gasteiger partial charge in [0.1, 0.15) is 0 Å². The summed E-state index contributed by atoms with van der Waals surface area (Å²) in [4.78, 5) is 35.1. The molecule has 0 fully saturated rings. The molecule has 98 valence electrons. The van der Waals surface area contributed by atoms with E-state index in [1.54, 1.807) is 18.2 Å². The van der Waals surface area contributed by atoms with Gasteiger partial charge in [-0.3, -0.25) is 9.59 Å². The Kier molecular flexibility index (Phi) is 3.33. The number of amides is 2. The van der Waals surface area contributed by atoms with Crippen LogP contribution in [0, 0.1) is 0 Å². The first kappa shape index (κ1) is 12.8. The number of benzene rings is 1. The highest BCUT2D eigenvalue weighted by Crippen LogP contribution is 2.29. The summed E-state index contributed by atoms with van der Waals surface area (Å²) >= 11 is 0. The Hall–Kier alpha value is -2.63. The summed E-state index contributed by atoms with van der Waals surface area (Å²) in [6.45, 7) is 0. The van der Waals surface area contributed by atoms with Gasteiger partial charge in [-0.15, -0.1) is 0 Å². The number of hydrogen-bond acceptors (Lipinski definition) is 4. The molecule has 0 saturated carbocycles. The average molecular weight is 260 g/mol. The van der Waals surface area contributed by atoms with Crippen LogP contribution in [0.25, 0.3) is 0 Å². The largest absolute Gasteiger partial charge is 0.478 e. The van der Waals surface area contributed by atoms with Gasteiger partial charge in [0.25, 0.3) is 5.91 Å². The Labute approximate surface area is 109 Å². The molecule has 0 atom stereocenters. The van der Waals surface area contributed by atoms with E-state index in [4.69, 9.17) is 10.8 Å². The van der Waals surface area contributed by atoms with Crippen molar-refractivity contribution in [3.63, 3.8) is 0 Å². The lowest BCUT2D eigenvalue weighted by atomic mass is 10.0. The Morgan fingerprint density at radius 2 is 2.00 bits per heavy atom. The Morgan fingerprint density at radius 3 is 2.68 bits per heavy atom. The number of carboxylic acids is 1. The molecule has 2 rings (SSSR count). The third-order valence-corrected chi connectivity index (χ3v) is 2.79. The highest BCUT2D eigenvalue weighted by atomic mass is 16.4. The number of anilines is 2. The van der Waals surface area contributed by atoms with E-state index in [0.717, 1.165) is 16.5 Å². The third kappa shape index (κ3) is 2.62. The van der Waals surface area contributed by atoms with Crippen molar-refractivity contribution >= 4 is 29.2 Å². The van der Waals surface area contributed by atoms with E-state index in [9.17, 15) is 14.4 Å². The summed E-state index contributed by atoms with van der Waals surface area (Å²) in [7, 11) is 0. The topological polar surface area (TPSA) is 101 Å². The number of imide groups is 1. The van der Waals surface area contributed by atoms with Crippen LogP contribution >= 0.6 is 0 Å². The minimum atomic E-state index is -1.24. The normalized spacial score (nSPS) is 14.5. The van der Waals surface area contributed by atoms with Gasteiger partial charge in [-0.2, -0.15) is 0 Å². The third-order valence-electron chi connectivity index (χ3n) is 2.79. The maximum absolute atomic E-state index is 11.9. The van der Waals surface area contributed by atoms with Crippen LogP contribution in [-0.4, -0.2) is 22.9 Å². The van der Waals surface area contributed by atoms with Crippen molar-refractivity contribution in [1.29, 1.82) is 0 Å². The Bertz CT molecular complexity index is 592. The first-order chi connectivity index (χ1) is 8.99. The lowest BCUT2D eigenvalue weighted by Crippen LogP contribution is -2.39. The SMILES string of the molecule is Nc1ccc2c(c1)CCC(=O)N2C(=O)/C=C/C(=O)O. The minimum Gasteiger partial charge on any atom is -0.478 e. The number of aliphatic carboxylic acids is 1. The van der Waals surface area contributed by atoms with E-state index in [0.29, 0.717) is 23.9 Å². The molecule has 1 aliphatic heterocycles. The van der Waals surface area contributed by atoms with Gasteiger partial charge in [-0.05, 0) is 30.2 Å². The predicted octanol–water partition coefficient (Wildman–Crippen LogP) is 0.715. The van der Waals surface area contributed by atoms with Crippen LogP contribution in [-0.2, 0) is 20.8 Å². The lowest BCUT2D eigenvalue weighted by molar-refractivity contribution is -0.132. The molecule has 6 heteroatoms. The number of nitrogens with zero attached hydrogens (tertiary/aromatic N) is 1. The second kappa shape index (κ2) is 4.93. The van der Waals surface area contributed by atoms with Gasteiger partial charge in [0, 0.05) is 24.3 Å². The fourth-order valence-electron chi connectivity index (χ4n) is 1.97. The maximum Gasteiger partial charge on any atom is 0.328 e. The summed E-state index contributed by atoms with van der Waals surface area (Å²) in [6.07, 6.45) is 2.29. The van der Waals surface area contributed by atoms with Crippen LogP contribution in [0.2, 0.25) is 0 Å². The van der Waals surface area contributed by atoms with E-state index in [-0.39, 0.29) is 12.3 Å². The summed E-state index contributed by atoms with van der Waals surface area (Å²) in [6, 6.07) is 4.90. The molecule has 1 aromatic rings. The van der Waals surface area contributed by atoms with E-state index in [1.807, 2.05) is 0 Å². The average Bonchev–Trinajstić information content (AvgIpc) is 2.36. The smallest absolute Gasteiger partial charge is 0.328 e. The zero-order chi connectivity index (χ0) is 14.0. The van der Waals surface area contributed by atoms with Crippen LogP contribution in [0.15, 0.2) is 30.4 Å². The predicted molar refractivity (Wildman–Crippen MR) is 68.4 cm³/mol. The highest BCUT2D eigenvalue weighted by molar-refractivity contribution is 6.20. The molecule has 1 aliphatic rings. The van der Waals surface area contributed by atoms with Gasteiger partial charge in [0.2, 0.25) is 5.91 Å². The first-order valence-electron chi connectivity index (χ1n) is 5.65. The molecule has 0 aliphatic carbocycles. The minimum absolute atomic E-state index is 0.198. The number of carbonyl (C=O) groups excluding carboxylic acids is 2. The first-order valence-corrected chi connectivity index (χ1v) is 5.65. The monoisotopic (exact) mass is 260 g/mol. The molecule has 0 unspecified atom stereocenters. The number of nitrogen functional groups attached to an aromatic ring is 1. The van der Waals surface area contributed by atoms with Crippen molar-refractivity contribution in [1.82, 2.24) is 0 Å². The van der Waals surface area contributed by atoms with E-state index >= 15 is 0 Å². The van der Waals surface area contributed by atoms with Crippen molar-refractivity contribution < 1.29 is 19.5 Å². The number of fused-ring (bicyclic) bond motifs is 1. The van der Waals surface area contributed by atoms with Crippen molar-refractivity contribution in [3.05, 3.63) is 35.9 Å². The molecule has 0 spiro atoms. The van der Waals surface area contributed by atoms with Gasteiger partial charge < -0.3 is 10.8 Å². The molecule has 0 radical (unpaired) electrons. The summed E-state index contributed by atoms with van der Waals surface area (Å²) < 4.78 is 0. The fraction of sp³-hybridized carbons (Fsp3) is 0.154. The molecule has 6 nitrogen and oxygen atoms in total. The van der Waals surface area contributed by atoms with E-state index in [2.05, 4.69) is 0 Å². The molecule has 0 aromatic heterocycles.